The quantitative estimate of drug-likeness (QED) is 0.862. The highest BCUT2D eigenvalue weighted by molar-refractivity contribution is 6.08. The number of aromatic nitrogens is 1. The van der Waals surface area contributed by atoms with Crippen LogP contribution < -0.4 is 0 Å². The second kappa shape index (κ2) is 5.88. The molecule has 1 atom stereocenters. The lowest BCUT2D eigenvalue weighted by Crippen LogP contribution is -2.69. The lowest BCUT2D eigenvalue weighted by atomic mass is 9.93. The van der Waals surface area contributed by atoms with E-state index in [-0.39, 0.29) is 12.5 Å². The third-order valence-corrected chi connectivity index (χ3v) is 5.36. The molecule has 0 aliphatic carbocycles. The van der Waals surface area contributed by atoms with Gasteiger partial charge in [-0.25, -0.2) is 0 Å². The van der Waals surface area contributed by atoms with Crippen molar-refractivity contribution in [1.82, 2.24) is 14.8 Å². The molecule has 3 heterocycles. The zero-order chi connectivity index (χ0) is 16.7. The van der Waals surface area contributed by atoms with E-state index in [4.69, 9.17) is 4.74 Å². The van der Waals surface area contributed by atoms with Gasteiger partial charge in [-0.05, 0) is 13.0 Å². The number of H-pyrrole nitrogens is 1. The summed E-state index contributed by atoms with van der Waals surface area (Å²) in [6.45, 7) is 5.88. The van der Waals surface area contributed by atoms with E-state index in [0.717, 1.165) is 35.2 Å². The van der Waals surface area contributed by atoms with Gasteiger partial charge in [-0.1, -0.05) is 18.2 Å². The van der Waals surface area contributed by atoms with Crippen molar-refractivity contribution in [2.45, 2.75) is 12.5 Å². The normalized spacial score (nSPS) is 25.0. The van der Waals surface area contributed by atoms with Gasteiger partial charge in [-0.3, -0.25) is 9.69 Å². The fourth-order valence-electron chi connectivity index (χ4n) is 4.02. The Labute approximate surface area is 141 Å². The van der Waals surface area contributed by atoms with Gasteiger partial charge < -0.3 is 19.7 Å². The minimum atomic E-state index is -0.466. The Kier molecular flexibility index (Phi) is 3.83. The van der Waals surface area contributed by atoms with Crippen molar-refractivity contribution in [3.63, 3.8) is 0 Å². The fourth-order valence-corrected chi connectivity index (χ4v) is 4.02. The van der Waals surface area contributed by atoms with E-state index >= 15 is 0 Å². The molecule has 1 amide bonds. The first-order valence-electron chi connectivity index (χ1n) is 8.45. The Bertz CT molecular complexity index is 772. The van der Waals surface area contributed by atoms with Crippen LogP contribution in [0.4, 0.5) is 0 Å². The van der Waals surface area contributed by atoms with E-state index < -0.39 is 5.54 Å². The van der Waals surface area contributed by atoms with Crippen LogP contribution in [0.25, 0.3) is 10.9 Å². The van der Waals surface area contributed by atoms with Crippen molar-refractivity contribution in [1.29, 1.82) is 0 Å². The maximum Gasteiger partial charge on any atom is 0.256 e. The lowest BCUT2D eigenvalue weighted by molar-refractivity contribution is -0.119. The number of aliphatic hydroxyl groups excluding tert-OH is 1. The van der Waals surface area contributed by atoms with Gasteiger partial charge in [0.2, 0.25) is 0 Å². The monoisotopic (exact) mass is 329 g/mol. The Morgan fingerprint density at radius 2 is 2.17 bits per heavy atom. The number of aromatic amines is 1. The molecule has 4 rings (SSSR count). The molecular formula is C18H23N3O3. The predicted molar refractivity (Wildman–Crippen MR) is 91.1 cm³/mol. The van der Waals surface area contributed by atoms with E-state index in [1.807, 2.05) is 36.1 Å². The van der Waals surface area contributed by atoms with Crippen LogP contribution >= 0.6 is 0 Å². The maximum absolute atomic E-state index is 13.2. The van der Waals surface area contributed by atoms with Crippen LogP contribution in [-0.2, 0) is 4.74 Å². The molecule has 128 valence electrons. The minimum Gasteiger partial charge on any atom is -0.394 e. The number of para-hydroxylation sites is 1. The number of benzene rings is 1. The van der Waals surface area contributed by atoms with Crippen LogP contribution in [0.15, 0.2) is 24.3 Å². The van der Waals surface area contributed by atoms with Crippen LogP contribution in [0, 0.1) is 6.92 Å². The first-order chi connectivity index (χ1) is 11.6. The average Bonchev–Trinajstić information content (AvgIpc) is 2.96. The molecular weight excluding hydrogens is 306 g/mol. The van der Waals surface area contributed by atoms with Crippen LogP contribution in [0.3, 0.4) is 0 Å². The van der Waals surface area contributed by atoms with Gasteiger partial charge in [0.1, 0.15) is 0 Å². The molecule has 6 nitrogen and oxygen atoms in total. The van der Waals surface area contributed by atoms with Crippen molar-refractivity contribution in [2.24, 2.45) is 0 Å². The number of nitrogens with zero attached hydrogens (tertiary/aromatic N) is 2. The molecule has 2 N–H and O–H groups in total. The van der Waals surface area contributed by atoms with Crippen molar-refractivity contribution >= 4 is 16.8 Å². The summed E-state index contributed by atoms with van der Waals surface area (Å²) >= 11 is 0. The summed E-state index contributed by atoms with van der Waals surface area (Å²) in [7, 11) is 0. The van der Waals surface area contributed by atoms with E-state index in [1.165, 1.54) is 0 Å². The number of ether oxygens (including phenoxy) is 1. The van der Waals surface area contributed by atoms with Crippen molar-refractivity contribution < 1.29 is 14.6 Å². The maximum atomic E-state index is 13.2. The molecule has 2 saturated heterocycles. The number of hydrogen-bond acceptors (Lipinski definition) is 4. The molecule has 1 unspecified atom stereocenters. The number of hydrogen-bond donors (Lipinski definition) is 2. The molecule has 6 heteroatoms. The smallest absolute Gasteiger partial charge is 0.256 e. The van der Waals surface area contributed by atoms with Gasteiger partial charge in [0.15, 0.2) is 0 Å². The van der Waals surface area contributed by atoms with Gasteiger partial charge in [-0.15, -0.1) is 0 Å². The molecule has 0 spiro atoms. The predicted octanol–water partition coefficient (Wildman–Crippen LogP) is 0.995. The number of piperazine rings is 1. The highest BCUT2D eigenvalue weighted by atomic mass is 16.5. The average molecular weight is 329 g/mol. The van der Waals surface area contributed by atoms with Gasteiger partial charge in [0.05, 0.1) is 30.9 Å². The molecule has 0 saturated carbocycles. The first kappa shape index (κ1) is 15.6. The number of carbonyl (C=O) groups excluding carboxylic acids is 1. The molecule has 1 aromatic heterocycles. The zero-order valence-electron chi connectivity index (χ0n) is 13.9. The van der Waals surface area contributed by atoms with Crippen LogP contribution in [-0.4, -0.2) is 77.3 Å². The van der Waals surface area contributed by atoms with Gasteiger partial charge in [0.25, 0.3) is 5.91 Å². The summed E-state index contributed by atoms with van der Waals surface area (Å²) in [6, 6.07) is 7.88. The molecule has 2 fully saturated rings. The SMILES string of the molecule is Cc1[nH]c2ccccc2c1C(=O)N1CCN2CCOCC2(CO)C1. The Hall–Kier alpha value is -1.89. The van der Waals surface area contributed by atoms with Crippen LogP contribution in [0.2, 0.25) is 0 Å². The molecule has 0 bridgehead atoms. The summed E-state index contributed by atoms with van der Waals surface area (Å²) < 4.78 is 5.60. The second-order valence-electron chi connectivity index (χ2n) is 6.82. The second-order valence-corrected chi connectivity index (χ2v) is 6.82. The first-order valence-corrected chi connectivity index (χ1v) is 8.45. The number of carbonyl (C=O) groups is 1. The Morgan fingerprint density at radius 1 is 1.33 bits per heavy atom. The number of nitrogens with one attached hydrogen (secondary N) is 1. The fraction of sp³-hybridized carbons (Fsp3) is 0.500. The number of aryl methyl sites for hydroxylation is 1. The van der Waals surface area contributed by atoms with E-state index in [0.29, 0.717) is 26.3 Å². The standard InChI is InChI=1S/C18H23N3O3/c1-13-16(14-4-2-3-5-15(14)19-13)17(23)20-6-7-21-8-9-24-12-18(21,10-20)11-22/h2-5,19,22H,6-12H2,1H3. The number of rotatable bonds is 2. The number of fused-ring (bicyclic) bond motifs is 2. The third-order valence-electron chi connectivity index (χ3n) is 5.36. The van der Waals surface area contributed by atoms with Crippen LogP contribution in [0.5, 0.6) is 0 Å². The molecule has 2 aromatic rings. The Morgan fingerprint density at radius 3 is 3.00 bits per heavy atom. The van der Waals surface area contributed by atoms with Crippen molar-refractivity contribution in [3.8, 4) is 0 Å². The van der Waals surface area contributed by atoms with Gasteiger partial charge >= 0.3 is 0 Å². The third kappa shape index (κ3) is 2.33. The summed E-state index contributed by atoms with van der Waals surface area (Å²) in [5.74, 6) is 0.0306. The molecule has 0 radical (unpaired) electrons. The summed E-state index contributed by atoms with van der Waals surface area (Å²) in [5.41, 5.74) is 2.15. The van der Waals surface area contributed by atoms with E-state index in [1.54, 1.807) is 0 Å². The largest absolute Gasteiger partial charge is 0.394 e. The zero-order valence-corrected chi connectivity index (χ0v) is 13.9. The molecule has 2 aliphatic rings. The van der Waals surface area contributed by atoms with Crippen molar-refractivity contribution in [3.05, 3.63) is 35.5 Å². The van der Waals surface area contributed by atoms with E-state index in [9.17, 15) is 9.90 Å². The van der Waals surface area contributed by atoms with Crippen LogP contribution in [0.1, 0.15) is 16.1 Å². The minimum absolute atomic E-state index is 0.00362. The van der Waals surface area contributed by atoms with E-state index in [2.05, 4.69) is 9.88 Å². The summed E-state index contributed by atoms with van der Waals surface area (Å²) in [4.78, 5) is 20.6. The topological polar surface area (TPSA) is 68.8 Å². The van der Waals surface area contributed by atoms with Crippen molar-refractivity contribution in [2.75, 3.05) is 46.0 Å². The molecule has 2 aliphatic heterocycles. The number of morpholine rings is 1. The Balaban J connectivity index is 1.66. The summed E-state index contributed by atoms with van der Waals surface area (Å²) in [6.07, 6.45) is 0. The number of aliphatic hydroxyl groups is 1. The molecule has 1 aromatic carbocycles. The highest BCUT2D eigenvalue weighted by Gasteiger charge is 2.45. The number of amides is 1. The van der Waals surface area contributed by atoms with Gasteiger partial charge in [0, 0.05) is 42.8 Å². The van der Waals surface area contributed by atoms with Gasteiger partial charge in [-0.2, -0.15) is 0 Å². The summed E-state index contributed by atoms with van der Waals surface area (Å²) in [5, 5.41) is 10.9. The highest BCUT2D eigenvalue weighted by Crippen LogP contribution is 2.28. The molecule has 24 heavy (non-hydrogen) atoms. The lowest BCUT2D eigenvalue weighted by Gasteiger charge is -2.52.